The Hall–Kier alpha value is -2.66. The van der Waals surface area contributed by atoms with Crippen molar-refractivity contribution in [1.82, 2.24) is 25.5 Å². The number of thioether (sulfide) groups is 1. The molecule has 9 nitrogen and oxygen atoms in total. The summed E-state index contributed by atoms with van der Waals surface area (Å²) in [6.07, 6.45) is 0. The normalized spacial score (nSPS) is 15.9. The summed E-state index contributed by atoms with van der Waals surface area (Å²) in [4.78, 5) is 25.0. The smallest absolute Gasteiger partial charge is 0.268 e. The summed E-state index contributed by atoms with van der Waals surface area (Å²) < 4.78 is 1.48. The highest BCUT2D eigenvalue weighted by Crippen LogP contribution is 2.40. The van der Waals surface area contributed by atoms with Crippen LogP contribution in [0.3, 0.4) is 0 Å². The van der Waals surface area contributed by atoms with E-state index in [2.05, 4.69) is 25.9 Å². The molecule has 0 spiro atoms. The summed E-state index contributed by atoms with van der Waals surface area (Å²) in [6.45, 7) is 1.31. The quantitative estimate of drug-likeness (QED) is 0.592. The third-order valence-corrected chi connectivity index (χ3v) is 5.97. The van der Waals surface area contributed by atoms with Crippen LogP contribution in [-0.4, -0.2) is 43.1 Å². The Morgan fingerprint density at radius 2 is 1.81 bits per heavy atom. The number of aromatic nitrogens is 4. The molecule has 0 saturated heterocycles. The van der Waals surface area contributed by atoms with Crippen LogP contribution in [0.5, 0.6) is 0 Å². The van der Waals surface area contributed by atoms with Crippen LogP contribution in [0.15, 0.2) is 52.7 Å². The Labute approximate surface area is 195 Å². The molecule has 1 aliphatic rings. The van der Waals surface area contributed by atoms with Crippen molar-refractivity contribution < 1.29 is 9.59 Å². The van der Waals surface area contributed by atoms with Crippen LogP contribution >= 0.6 is 46.6 Å². The molecule has 3 aromatic rings. The monoisotopic (exact) mass is 495 g/mol. The molecule has 0 bridgehead atoms. The molecular formula is C18H12Cl3N7O2S. The molecule has 13 heteroatoms. The maximum Gasteiger partial charge on any atom is 0.268 e. The fourth-order valence-corrected chi connectivity index (χ4v) is 4.73. The first-order chi connectivity index (χ1) is 14.8. The van der Waals surface area contributed by atoms with E-state index in [0.717, 1.165) is 16.8 Å². The molecule has 2 amide bonds. The number of nitrogens with one attached hydrogen (secondary N) is 1. The van der Waals surface area contributed by atoms with E-state index in [4.69, 9.17) is 34.8 Å². The second-order valence-corrected chi connectivity index (χ2v) is 8.56. The maximum absolute atomic E-state index is 13.3. The van der Waals surface area contributed by atoms with Gasteiger partial charge in [-0.1, -0.05) is 64.8 Å². The Morgan fingerprint density at radius 1 is 1.13 bits per heavy atom. The van der Waals surface area contributed by atoms with Gasteiger partial charge < -0.3 is 5.32 Å². The van der Waals surface area contributed by atoms with Crippen molar-refractivity contribution in [3.05, 3.63) is 57.5 Å². The highest BCUT2D eigenvalue weighted by molar-refractivity contribution is 8.01. The minimum absolute atomic E-state index is 0.104. The Balaban J connectivity index is 1.71. The fraction of sp³-hybridized carbons (Fsp3) is 0.111. The van der Waals surface area contributed by atoms with Crippen LogP contribution in [0.4, 0.5) is 5.69 Å². The molecule has 1 aromatic heterocycles. The van der Waals surface area contributed by atoms with Gasteiger partial charge in [-0.15, -0.1) is 10.2 Å². The van der Waals surface area contributed by atoms with Gasteiger partial charge in [0.25, 0.3) is 5.91 Å². The summed E-state index contributed by atoms with van der Waals surface area (Å²) in [7, 11) is 0. The van der Waals surface area contributed by atoms with Gasteiger partial charge in [0, 0.05) is 11.9 Å². The van der Waals surface area contributed by atoms with Crippen LogP contribution in [0.2, 0.25) is 15.1 Å². The molecule has 0 unspecified atom stereocenters. The first-order valence-corrected chi connectivity index (χ1v) is 10.7. The molecule has 0 radical (unpaired) electrons. The first-order valence-electron chi connectivity index (χ1n) is 8.70. The van der Waals surface area contributed by atoms with E-state index < -0.39 is 17.1 Å². The van der Waals surface area contributed by atoms with Crippen molar-refractivity contribution in [3.8, 4) is 5.69 Å². The Kier molecular flexibility index (Phi) is 6.15. The van der Waals surface area contributed by atoms with Crippen molar-refractivity contribution in [2.75, 3.05) is 5.01 Å². The second-order valence-electron chi connectivity index (χ2n) is 6.24. The van der Waals surface area contributed by atoms with Gasteiger partial charge in [-0.05, 0) is 34.7 Å². The molecule has 2 aromatic carbocycles. The van der Waals surface area contributed by atoms with Crippen LogP contribution in [-0.2, 0) is 9.59 Å². The summed E-state index contributed by atoms with van der Waals surface area (Å²) >= 11 is 19.5. The lowest BCUT2D eigenvalue weighted by Gasteiger charge is -2.16. The van der Waals surface area contributed by atoms with E-state index in [9.17, 15) is 9.59 Å². The average Bonchev–Trinajstić information content (AvgIpc) is 3.28. The largest absolute Gasteiger partial charge is 0.312 e. The number of tetrazole rings is 1. The topological polar surface area (TPSA) is 105 Å². The number of hydrogen-bond acceptors (Lipinski definition) is 7. The lowest BCUT2D eigenvalue weighted by atomic mass is 10.3. The van der Waals surface area contributed by atoms with Gasteiger partial charge in [-0.3, -0.25) is 9.59 Å². The number of benzene rings is 2. The third-order valence-electron chi connectivity index (χ3n) is 4.05. The summed E-state index contributed by atoms with van der Waals surface area (Å²) in [5, 5.41) is 19.5. The molecule has 2 heterocycles. The van der Waals surface area contributed by atoms with Crippen LogP contribution in [0.25, 0.3) is 5.69 Å². The van der Waals surface area contributed by atoms with Crippen molar-refractivity contribution in [2.24, 2.45) is 5.10 Å². The van der Waals surface area contributed by atoms with Crippen molar-refractivity contribution in [1.29, 1.82) is 0 Å². The Bertz CT molecular complexity index is 1180. The van der Waals surface area contributed by atoms with Crippen LogP contribution < -0.4 is 10.3 Å². The molecule has 0 saturated carbocycles. The molecular weight excluding hydrogens is 485 g/mol. The molecule has 158 valence electrons. The molecule has 1 atom stereocenters. The number of halogens is 3. The molecule has 1 N–H and O–H groups in total. The van der Waals surface area contributed by atoms with Crippen LogP contribution in [0, 0.1) is 0 Å². The minimum Gasteiger partial charge on any atom is -0.312 e. The zero-order valence-corrected chi connectivity index (χ0v) is 18.7. The summed E-state index contributed by atoms with van der Waals surface area (Å²) in [5.41, 5.74) is 0.866. The van der Waals surface area contributed by atoms with E-state index in [0.29, 0.717) is 15.9 Å². The lowest BCUT2D eigenvalue weighted by Crippen LogP contribution is -2.38. The molecule has 0 fully saturated rings. The van der Waals surface area contributed by atoms with Crippen LogP contribution in [0.1, 0.15) is 6.92 Å². The third kappa shape index (κ3) is 4.38. The number of rotatable bonds is 4. The van der Waals surface area contributed by atoms with Gasteiger partial charge in [0.15, 0.2) is 11.1 Å². The van der Waals surface area contributed by atoms with Crippen molar-refractivity contribution in [2.45, 2.75) is 17.3 Å². The maximum atomic E-state index is 13.3. The predicted octanol–water partition coefficient (Wildman–Crippen LogP) is 3.58. The number of nitrogens with zero attached hydrogens (tertiary/aromatic N) is 6. The van der Waals surface area contributed by atoms with Crippen molar-refractivity contribution in [3.63, 3.8) is 0 Å². The Morgan fingerprint density at radius 3 is 2.45 bits per heavy atom. The van der Waals surface area contributed by atoms with E-state index in [-0.39, 0.29) is 21.6 Å². The standard InChI is InChI=1S/C18H12Cl3N7O2S/c1-9(29)22-16-15(31-18-23-25-26-27(18)11-5-3-2-4-6-11)17(30)28(24-16)14-12(20)7-10(19)8-13(14)21/h2-8,15H,1H3,(H,22,24,29)/t15-/m0/s1. The fourth-order valence-electron chi connectivity index (χ4n) is 2.80. The zero-order valence-electron chi connectivity index (χ0n) is 15.7. The van der Waals surface area contributed by atoms with E-state index in [1.54, 1.807) is 0 Å². The van der Waals surface area contributed by atoms with Gasteiger partial charge >= 0.3 is 0 Å². The van der Waals surface area contributed by atoms with E-state index in [1.165, 1.54) is 23.7 Å². The van der Waals surface area contributed by atoms with Gasteiger partial charge in [0.05, 0.1) is 15.7 Å². The van der Waals surface area contributed by atoms with Gasteiger partial charge in [-0.2, -0.15) is 9.69 Å². The second kappa shape index (κ2) is 8.83. The number of carbonyl (C=O) groups is 2. The molecule has 0 aliphatic carbocycles. The first kappa shape index (κ1) is 21.6. The zero-order chi connectivity index (χ0) is 22.1. The predicted molar refractivity (Wildman–Crippen MR) is 119 cm³/mol. The number of hydrogen-bond donors (Lipinski definition) is 1. The van der Waals surface area contributed by atoms with Gasteiger partial charge in [-0.25, -0.2) is 0 Å². The van der Waals surface area contributed by atoms with E-state index in [1.807, 2.05) is 30.3 Å². The minimum atomic E-state index is -0.944. The van der Waals surface area contributed by atoms with Gasteiger partial charge in [0.1, 0.15) is 5.69 Å². The summed E-state index contributed by atoms with van der Waals surface area (Å²) in [5.74, 6) is -0.773. The number of hydrazone groups is 1. The average molecular weight is 497 g/mol. The summed E-state index contributed by atoms with van der Waals surface area (Å²) in [6, 6.07) is 12.1. The SMILES string of the molecule is CC(=O)NC1=NN(c2c(Cl)cc(Cl)cc2Cl)C(=O)[C@H]1Sc1nnnn1-c1ccccc1. The van der Waals surface area contributed by atoms with Crippen molar-refractivity contribution >= 4 is 69.9 Å². The van der Waals surface area contributed by atoms with Gasteiger partial charge in [0.2, 0.25) is 11.1 Å². The highest BCUT2D eigenvalue weighted by Gasteiger charge is 2.41. The molecule has 1 aliphatic heterocycles. The molecule has 4 rings (SSSR count). The lowest BCUT2D eigenvalue weighted by molar-refractivity contribution is -0.117. The number of amidine groups is 1. The number of para-hydroxylation sites is 1. The number of anilines is 1. The van der Waals surface area contributed by atoms with E-state index >= 15 is 0 Å². The number of carbonyl (C=O) groups excluding carboxylic acids is 2. The number of amides is 2. The molecule has 31 heavy (non-hydrogen) atoms. The highest BCUT2D eigenvalue weighted by atomic mass is 35.5.